The number of piperidine rings is 3. The zero-order valence-corrected chi connectivity index (χ0v) is 12.8. The molecular formula is C14H17IN2O2. The van der Waals surface area contributed by atoms with Crippen LogP contribution in [0.4, 0.5) is 0 Å². The Morgan fingerprint density at radius 2 is 2.11 bits per heavy atom. The van der Waals surface area contributed by atoms with Crippen LogP contribution in [0.15, 0.2) is 18.2 Å². The second kappa shape index (κ2) is 5.28. The maximum Gasteiger partial charge on any atom is 0.251 e. The normalized spacial score (nSPS) is 29.2. The average molecular weight is 372 g/mol. The number of nitrogens with zero attached hydrogens (tertiary/aromatic N) is 1. The third kappa shape index (κ3) is 2.72. The molecule has 0 spiro atoms. The predicted molar refractivity (Wildman–Crippen MR) is 81.2 cm³/mol. The summed E-state index contributed by atoms with van der Waals surface area (Å²) in [6, 6.07) is 5.33. The monoisotopic (exact) mass is 372 g/mol. The molecule has 1 aromatic rings. The fourth-order valence-corrected chi connectivity index (χ4v) is 3.37. The number of hydrogen-bond donors (Lipinski definition) is 2. The Labute approximate surface area is 126 Å². The highest BCUT2D eigenvalue weighted by molar-refractivity contribution is 14.1. The average Bonchev–Trinajstić information content (AvgIpc) is 2.43. The van der Waals surface area contributed by atoms with Crippen molar-refractivity contribution >= 4 is 28.5 Å². The fourth-order valence-electron chi connectivity index (χ4n) is 3.03. The van der Waals surface area contributed by atoms with Crippen LogP contribution in [0.2, 0.25) is 0 Å². The van der Waals surface area contributed by atoms with Gasteiger partial charge in [0.2, 0.25) is 0 Å². The zero-order chi connectivity index (χ0) is 13.4. The standard InChI is InChI=1S/C14H17IN2O2/c15-11-2-1-10(7-13(11)18)14(19)16-12-8-17-5-3-9(12)4-6-17/h1-2,7,9,12,18H,3-6,8H2,(H,16,19). The maximum absolute atomic E-state index is 12.2. The number of phenols is 1. The second-order valence-corrected chi connectivity index (χ2v) is 6.55. The number of amides is 1. The first-order chi connectivity index (χ1) is 9.13. The maximum atomic E-state index is 12.2. The molecule has 1 unspecified atom stereocenters. The summed E-state index contributed by atoms with van der Waals surface area (Å²) in [6.07, 6.45) is 2.37. The number of aromatic hydroxyl groups is 1. The molecule has 0 aromatic heterocycles. The van der Waals surface area contributed by atoms with E-state index in [1.165, 1.54) is 25.9 Å². The van der Waals surface area contributed by atoms with Gasteiger partial charge in [0.1, 0.15) is 5.75 Å². The van der Waals surface area contributed by atoms with Gasteiger partial charge >= 0.3 is 0 Å². The Bertz CT molecular complexity index is 498. The summed E-state index contributed by atoms with van der Waals surface area (Å²) in [5.74, 6) is 0.707. The molecular weight excluding hydrogens is 355 g/mol. The summed E-state index contributed by atoms with van der Waals surface area (Å²) in [4.78, 5) is 14.6. The van der Waals surface area contributed by atoms with Gasteiger partial charge < -0.3 is 15.3 Å². The van der Waals surface area contributed by atoms with Crippen molar-refractivity contribution in [3.8, 4) is 5.75 Å². The summed E-state index contributed by atoms with van der Waals surface area (Å²) in [5.41, 5.74) is 0.536. The molecule has 5 heteroatoms. The third-order valence-corrected chi connectivity index (χ3v) is 5.09. The third-order valence-electron chi connectivity index (χ3n) is 4.18. The largest absolute Gasteiger partial charge is 0.507 e. The molecule has 3 saturated heterocycles. The first-order valence-corrected chi connectivity index (χ1v) is 7.73. The van der Waals surface area contributed by atoms with Crippen LogP contribution in [0, 0.1) is 9.49 Å². The van der Waals surface area contributed by atoms with Crippen molar-refractivity contribution in [3.63, 3.8) is 0 Å². The van der Waals surface area contributed by atoms with E-state index in [2.05, 4.69) is 10.2 Å². The Balaban J connectivity index is 1.69. The van der Waals surface area contributed by atoms with Crippen LogP contribution in [0.25, 0.3) is 0 Å². The Morgan fingerprint density at radius 1 is 1.37 bits per heavy atom. The SMILES string of the molecule is O=C(NC1CN2CCC1CC2)c1ccc(I)c(O)c1. The number of carbonyl (C=O) groups excluding carboxylic acids is 1. The quantitative estimate of drug-likeness (QED) is 0.779. The van der Waals surface area contributed by atoms with Crippen molar-refractivity contribution < 1.29 is 9.90 Å². The van der Waals surface area contributed by atoms with Crippen molar-refractivity contribution in [1.82, 2.24) is 10.2 Å². The van der Waals surface area contributed by atoms with Gasteiger partial charge in [0, 0.05) is 18.2 Å². The highest BCUT2D eigenvalue weighted by atomic mass is 127. The van der Waals surface area contributed by atoms with Crippen LogP contribution in [-0.2, 0) is 0 Å². The minimum atomic E-state index is -0.0783. The van der Waals surface area contributed by atoms with E-state index in [-0.39, 0.29) is 17.7 Å². The van der Waals surface area contributed by atoms with Crippen LogP contribution < -0.4 is 5.32 Å². The van der Waals surface area contributed by atoms with E-state index in [0.717, 1.165) is 10.1 Å². The fraction of sp³-hybridized carbons (Fsp3) is 0.500. The van der Waals surface area contributed by atoms with E-state index in [9.17, 15) is 9.90 Å². The molecule has 0 saturated carbocycles. The van der Waals surface area contributed by atoms with Crippen LogP contribution in [0.5, 0.6) is 5.75 Å². The smallest absolute Gasteiger partial charge is 0.251 e. The van der Waals surface area contributed by atoms with Gasteiger partial charge in [0.15, 0.2) is 0 Å². The summed E-state index contributed by atoms with van der Waals surface area (Å²) in [6.45, 7) is 3.30. The molecule has 4 rings (SSSR count). The van der Waals surface area contributed by atoms with E-state index >= 15 is 0 Å². The number of fused-ring (bicyclic) bond motifs is 3. The van der Waals surface area contributed by atoms with E-state index in [4.69, 9.17) is 0 Å². The molecule has 3 fully saturated rings. The Kier molecular flexibility index (Phi) is 3.66. The van der Waals surface area contributed by atoms with Gasteiger partial charge in [-0.25, -0.2) is 0 Å². The number of hydrogen-bond acceptors (Lipinski definition) is 3. The van der Waals surface area contributed by atoms with Crippen LogP contribution in [0.1, 0.15) is 23.2 Å². The first-order valence-electron chi connectivity index (χ1n) is 6.65. The summed E-state index contributed by atoms with van der Waals surface area (Å²) >= 11 is 2.05. The lowest BCUT2D eigenvalue weighted by atomic mass is 9.84. The minimum absolute atomic E-state index is 0.0783. The van der Waals surface area contributed by atoms with Crippen molar-refractivity contribution in [2.75, 3.05) is 19.6 Å². The highest BCUT2D eigenvalue weighted by Gasteiger charge is 2.34. The van der Waals surface area contributed by atoms with Gasteiger partial charge in [-0.1, -0.05) is 0 Å². The van der Waals surface area contributed by atoms with Gasteiger partial charge in [-0.3, -0.25) is 4.79 Å². The lowest BCUT2D eigenvalue weighted by Crippen LogP contribution is -2.57. The number of halogens is 1. The van der Waals surface area contributed by atoms with Crippen molar-refractivity contribution in [2.24, 2.45) is 5.92 Å². The second-order valence-electron chi connectivity index (χ2n) is 5.38. The topological polar surface area (TPSA) is 52.6 Å². The van der Waals surface area contributed by atoms with Gasteiger partial charge in [0.05, 0.1) is 3.57 Å². The van der Waals surface area contributed by atoms with Gasteiger partial charge in [-0.2, -0.15) is 0 Å². The summed E-state index contributed by atoms with van der Waals surface area (Å²) in [5, 5.41) is 12.8. The lowest BCUT2D eigenvalue weighted by molar-refractivity contribution is 0.0620. The molecule has 3 heterocycles. The number of rotatable bonds is 2. The van der Waals surface area contributed by atoms with Crippen molar-refractivity contribution in [3.05, 3.63) is 27.3 Å². The molecule has 102 valence electrons. The lowest BCUT2D eigenvalue weighted by Gasteiger charge is -2.44. The minimum Gasteiger partial charge on any atom is -0.507 e. The zero-order valence-electron chi connectivity index (χ0n) is 10.6. The Morgan fingerprint density at radius 3 is 2.68 bits per heavy atom. The number of phenolic OH excluding ortho intramolecular Hbond substituents is 1. The molecule has 3 aliphatic heterocycles. The van der Waals surface area contributed by atoms with E-state index in [0.29, 0.717) is 11.5 Å². The Hall–Kier alpha value is -0.820. The van der Waals surface area contributed by atoms with Crippen LogP contribution in [0.3, 0.4) is 0 Å². The molecule has 1 atom stereocenters. The molecule has 1 amide bonds. The molecule has 19 heavy (non-hydrogen) atoms. The van der Waals surface area contributed by atoms with Gasteiger partial charge in [0.25, 0.3) is 5.91 Å². The van der Waals surface area contributed by atoms with Crippen molar-refractivity contribution in [2.45, 2.75) is 18.9 Å². The molecule has 2 bridgehead atoms. The number of benzene rings is 1. The number of nitrogens with one attached hydrogen (secondary N) is 1. The highest BCUT2D eigenvalue weighted by Crippen LogP contribution is 2.28. The number of carbonyl (C=O) groups is 1. The first kappa shape index (κ1) is 13.2. The molecule has 4 nitrogen and oxygen atoms in total. The van der Waals surface area contributed by atoms with Crippen LogP contribution >= 0.6 is 22.6 Å². The van der Waals surface area contributed by atoms with E-state index in [1.807, 2.05) is 22.6 Å². The summed E-state index contributed by atoms with van der Waals surface area (Å²) < 4.78 is 0.761. The summed E-state index contributed by atoms with van der Waals surface area (Å²) in [7, 11) is 0. The van der Waals surface area contributed by atoms with Gasteiger partial charge in [-0.05, 0) is 72.6 Å². The predicted octanol–water partition coefficient (Wildman–Crippen LogP) is 1.82. The molecule has 3 aliphatic rings. The molecule has 0 aliphatic carbocycles. The molecule has 0 radical (unpaired) electrons. The molecule has 1 aromatic carbocycles. The van der Waals surface area contributed by atoms with Crippen molar-refractivity contribution in [1.29, 1.82) is 0 Å². The van der Waals surface area contributed by atoms with E-state index < -0.39 is 0 Å². The van der Waals surface area contributed by atoms with E-state index in [1.54, 1.807) is 18.2 Å². The van der Waals surface area contributed by atoms with Crippen LogP contribution in [-0.4, -0.2) is 41.6 Å². The van der Waals surface area contributed by atoms with Gasteiger partial charge in [-0.15, -0.1) is 0 Å². The molecule has 2 N–H and O–H groups in total.